The summed E-state index contributed by atoms with van der Waals surface area (Å²) in [5.41, 5.74) is 0.880. The summed E-state index contributed by atoms with van der Waals surface area (Å²) in [6, 6.07) is 9.48. The molecule has 0 radical (unpaired) electrons. The van der Waals surface area contributed by atoms with Crippen molar-refractivity contribution in [2.75, 3.05) is 0 Å². The van der Waals surface area contributed by atoms with Crippen LogP contribution in [0.4, 0.5) is 0 Å². The van der Waals surface area contributed by atoms with Crippen LogP contribution >= 0.6 is 31.9 Å². The van der Waals surface area contributed by atoms with Gasteiger partial charge in [0.25, 0.3) is 0 Å². The van der Waals surface area contributed by atoms with Crippen LogP contribution in [-0.2, 0) is 0 Å². The van der Waals surface area contributed by atoms with E-state index in [1.54, 1.807) is 0 Å². The smallest absolute Gasteiger partial charge is 0.0960 e. The molecule has 2 atom stereocenters. The number of hydrogen-bond donors (Lipinski definition) is 1. The van der Waals surface area contributed by atoms with Crippen molar-refractivity contribution in [3.8, 4) is 0 Å². The van der Waals surface area contributed by atoms with Gasteiger partial charge in [-0.15, -0.1) is 0 Å². The maximum absolute atomic E-state index is 9.82. The number of hydrogen-bond acceptors (Lipinski definition) is 1. The van der Waals surface area contributed by atoms with Gasteiger partial charge >= 0.3 is 0 Å². The Morgan fingerprint density at radius 2 is 1.85 bits per heavy atom. The summed E-state index contributed by atoms with van der Waals surface area (Å²) < 4.78 is 0.740. The quantitative estimate of drug-likeness (QED) is 0.849. The van der Waals surface area contributed by atoms with Gasteiger partial charge in [-0.3, -0.25) is 0 Å². The van der Waals surface area contributed by atoms with Crippen molar-refractivity contribution in [2.45, 2.75) is 10.9 Å². The van der Waals surface area contributed by atoms with E-state index >= 15 is 0 Å². The van der Waals surface area contributed by atoms with Gasteiger partial charge in [-0.1, -0.05) is 68.8 Å². The topological polar surface area (TPSA) is 20.2 Å². The van der Waals surface area contributed by atoms with Gasteiger partial charge in [-0.2, -0.15) is 0 Å². The molecular formula is C10H10Br2O. The van der Waals surface area contributed by atoms with Gasteiger partial charge in [-0.25, -0.2) is 0 Å². The molecule has 1 nitrogen and oxygen atoms in total. The van der Waals surface area contributed by atoms with Crippen molar-refractivity contribution in [1.29, 1.82) is 0 Å². The fourth-order valence-electron chi connectivity index (χ4n) is 0.990. The Morgan fingerprint density at radius 3 is 2.31 bits per heavy atom. The SMILES string of the molecule is C=C(Br)C(Br)C(O)c1ccccc1. The number of aliphatic hydroxyl groups excluding tert-OH is 1. The van der Waals surface area contributed by atoms with Crippen LogP contribution in [0.1, 0.15) is 11.7 Å². The van der Waals surface area contributed by atoms with Gasteiger partial charge in [0.15, 0.2) is 0 Å². The summed E-state index contributed by atoms with van der Waals surface area (Å²) in [6.07, 6.45) is -0.562. The van der Waals surface area contributed by atoms with Crippen molar-refractivity contribution >= 4 is 31.9 Å². The zero-order valence-electron chi connectivity index (χ0n) is 6.95. The maximum Gasteiger partial charge on any atom is 0.0960 e. The monoisotopic (exact) mass is 304 g/mol. The number of halogens is 2. The Labute approximate surface area is 94.7 Å². The predicted octanol–water partition coefficient (Wildman–Crippen LogP) is 3.39. The minimum atomic E-state index is -0.562. The molecule has 2 unspecified atom stereocenters. The van der Waals surface area contributed by atoms with Crippen LogP contribution in [0.15, 0.2) is 41.4 Å². The molecular weight excluding hydrogens is 296 g/mol. The van der Waals surface area contributed by atoms with E-state index in [0.717, 1.165) is 10.0 Å². The second-order valence-corrected chi connectivity index (χ2v) is 4.71. The Kier molecular flexibility index (Phi) is 4.16. The summed E-state index contributed by atoms with van der Waals surface area (Å²) in [4.78, 5) is -0.158. The molecule has 0 aliphatic carbocycles. The first-order valence-electron chi connectivity index (χ1n) is 3.84. The van der Waals surface area contributed by atoms with Gasteiger partial charge in [0.2, 0.25) is 0 Å². The van der Waals surface area contributed by atoms with Crippen LogP contribution in [0, 0.1) is 0 Å². The Balaban J connectivity index is 2.79. The highest BCUT2D eigenvalue weighted by atomic mass is 79.9. The van der Waals surface area contributed by atoms with E-state index < -0.39 is 6.10 Å². The fourth-order valence-corrected chi connectivity index (χ4v) is 1.55. The molecule has 0 saturated heterocycles. The van der Waals surface area contributed by atoms with E-state index in [9.17, 15) is 5.11 Å². The molecule has 1 N–H and O–H groups in total. The lowest BCUT2D eigenvalue weighted by Crippen LogP contribution is -2.11. The van der Waals surface area contributed by atoms with Crippen molar-refractivity contribution in [2.24, 2.45) is 0 Å². The van der Waals surface area contributed by atoms with Crippen LogP contribution in [0.3, 0.4) is 0 Å². The Bertz CT molecular complexity index is 284. The van der Waals surface area contributed by atoms with Crippen molar-refractivity contribution < 1.29 is 5.11 Å². The minimum Gasteiger partial charge on any atom is -0.387 e. The lowest BCUT2D eigenvalue weighted by molar-refractivity contribution is 0.188. The van der Waals surface area contributed by atoms with E-state index in [4.69, 9.17) is 0 Å². The van der Waals surface area contributed by atoms with E-state index in [-0.39, 0.29) is 4.83 Å². The molecule has 0 amide bonds. The van der Waals surface area contributed by atoms with Gasteiger partial charge in [0.1, 0.15) is 0 Å². The zero-order valence-corrected chi connectivity index (χ0v) is 10.1. The molecule has 70 valence electrons. The molecule has 0 aromatic heterocycles. The maximum atomic E-state index is 9.82. The van der Waals surface area contributed by atoms with Gasteiger partial charge in [0, 0.05) is 4.48 Å². The molecule has 1 rings (SSSR count). The summed E-state index contributed by atoms with van der Waals surface area (Å²) in [6.45, 7) is 3.71. The molecule has 0 aliphatic heterocycles. The average molecular weight is 306 g/mol. The van der Waals surface area contributed by atoms with Crippen molar-refractivity contribution in [3.63, 3.8) is 0 Å². The number of aliphatic hydroxyl groups is 1. The summed E-state index contributed by atoms with van der Waals surface area (Å²) in [5.74, 6) is 0. The first-order chi connectivity index (χ1) is 6.13. The molecule has 0 bridgehead atoms. The molecule has 1 aromatic carbocycles. The van der Waals surface area contributed by atoms with E-state index in [1.807, 2.05) is 30.3 Å². The molecule has 0 saturated carbocycles. The van der Waals surface area contributed by atoms with E-state index in [1.165, 1.54) is 0 Å². The van der Waals surface area contributed by atoms with Crippen molar-refractivity contribution in [1.82, 2.24) is 0 Å². The van der Waals surface area contributed by atoms with E-state index in [2.05, 4.69) is 38.4 Å². The Morgan fingerprint density at radius 1 is 1.31 bits per heavy atom. The molecule has 0 heterocycles. The molecule has 0 fully saturated rings. The second-order valence-electron chi connectivity index (χ2n) is 2.70. The van der Waals surface area contributed by atoms with Crippen LogP contribution in [-0.4, -0.2) is 9.93 Å². The van der Waals surface area contributed by atoms with Gasteiger partial charge < -0.3 is 5.11 Å². The van der Waals surface area contributed by atoms with Crippen LogP contribution in [0.25, 0.3) is 0 Å². The van der Waals surface area contributed by atoms with E-state index in [0.29, 0.717) is 0 Å². The largest absolute Gasteiger partial charge is 0.387 e. The number of alkyl halides is 1. The zero-order chi connectivity index (χ0) is 9.84. The molecule has 3 heteroatoms. The molecule has 13 heavy (non-hydrogen) atoms. The third-order valence-electron chi connectivity index (χ3n) is 1.72. The third-order valence-corrected chi connectivity index (χ3v) is 3.88. The van der Waals surface area contributed by atoms with Crippen LogP contribution in [0.5, 0.6) is 0 Å². The van der Waals surface area contributed by atoms with Crippen LogP contribution in [0.2, 0.25) is 0 Å². The molecule has 0 aliphatic rings. The second kappa shape index (κ2) is 4.94. The Hall–Kier alpha value is -0.120. The highest BCUT2D eigenvalue weighted by molar-refractivity contribution is 9.14. The lowest BCUT2D eigenvalue weighted by Gasteiger charge is -2.16. The highest BCUT2D eigenvalue weighted by Gasteiger charge is 2.18. The van der Waals surface area contributed by atoms with Crippen LogP contribution < -0.4 is 0 Å². The standard InChI is InChI=1S/C10H10Br2O/c1-7(11)9(12)10(13)8-5-3-2-4-6-8/h2-6,9-10,13H,1H2. The third kappa shape index (κ3) is 2.93. The minimum absolute atomic E-state index is 0.158. The predicted molar refractivity (Wildman–Crippen MR) is 62.2 cm³/mol. The highest BCUT2D eigenvalue weighted by Crippen LogP contribution is 2.29. The van der Waals surface area contributed by atoms with Crippen molar-refractivity contribution in [3.05, 3.63) is 47.0 Å². The average Bonchev–Trinajstić information content (AvgIpc) is 2.17. The molecule has 1 aromatic rings. The fraction of sp³-hybridized carbons (Fsp3) is 0.200. The normalized spacial score (nSPS) is 15.0. The first-order valence-corrected chi connectivity index (χ1v) is 5.55. The summed E-state index contributed by atoms with van der Waals surface area (Å²) >= 11 is 6.58. The molecule has 0 spiro atoms. The lowest BCUT2D eigenvalue weighted by atomic mass is 10.1. The number of rotatable bonds is 3. The summed E-state index contributed by atoms with van der Waals surface area (Å²) in [5, 5.41) is 9.82. The summed E-state index contributed by atoms with van der Waals surface area (Å²) in [7, 11) is 0. The van der Waals surface area contributed by atoms with Gasteiger partial charge in [-0.05, 0) is 5.56 Å². The number of benzene rings is 1. The first kappa shape index (κ1) is 11.0. The van der Waals surface area contributed by atoms with Gasteiger partial charge in [0.05, 0.1) is 10.9 Å².